The Balaban J connectivity index is 2.21. The van der Waals surface area contributed by atoms with E-state index in [-0.39, 0.29) is 18.0 Å². The minimum atomic E-state index is -0.0232. The number of esters is 1. The Bertz CT molecular complexity index is 365. The molecule has 0 radical (unpaired) electrons. The topological polar surface area (TPSA) is 26.3 Å². The largest absolute Gasteiger partial charge is 0.458 e. The molecule has 0 saturated carbocycles. The van der Waals surface area contributed by atoms with Gasteiger partial charge in [0.25, 0.3) is 0 Å². The van der Waals surface area contributed by atoms with Crippen LogP contribution in [0.25, 0.3) is 0 Å². The first-order valence-electron chi connectivity index (χ1n) is 6.61. The SMILES string of the molecule is C/C1=C/CC/C(C)=C/[C@H]2OC(=O)C(C)[C@@H]2CC1. The summed E-state index contributed by atoms with van der Waals surface area (Å²) >= 11 is 0. The third-order valence-electron chi connectivity index (χ3n) is 4.04. The molecule has 1 unspecified atom stereocenters. The van der Waals surface area contributed by atoms with Gasteiger partial charge in [0, 0.05) is 5.92 Å². The van der Waals surface area contributed by atoms with Crippen molar-refractivity contribution in [3.63, 3.8) is 0 Å². The molecule has 17 heavy (non-hydrogen) atoms. The van der Waals surface area contributed by atoms with E-state index in [4.69, 9.17) is 4.74 Å². The molecule has 0 bridgehead atoms. The van der Waals surface area contributed by atoms with E-state index in [9.17, 15) is 4.79 Å². The second-order valence-electron chi connectivity index (χ2n) is 5.49. The van der Waals surface area contributed by atoms with Crippen molar-refractivity contribution in [1.82, 2.24) is 0 Å². The average molecular weight is 234 g/mol. The minimum absolute atomic E-state index is 0.0170. The highest BCUT2D eigenvalue weighted by Gasteiger charge is 2.40. The molecule has 2 heteroatoms. The molecule has 1 aliphatic carbocycles. The molecule has 1 fully saturated rings. The lowest BCUT2D eigenvalue weighted by Gasteiger charge is -2.19. The van der Waals surface area contributed by atoms with Gasteiger partial charge in [-0.3, -0.25) is 4.79 Å². The Morgan fingerprint density at radius 3 is 2.76 bits per heavy atom. The zero-order chi connectivity index (χ0) is 12.4. The summed E-state index contributed by atoms with van der Waals surface area (Å²) in [6, 6.07) is 0. The van der Waals surface area contributed by atoms with Crippen molar-refractivity contribution in [2.75, 3.05) is 0 Å². The Morgan fingerprint density at radius 2 is 2.00 bits per heavy atom. The lowest BCUT2D eigenvalue weighted by Crippen LogP contribution is -2.18. The highest BCUT2D eigenvalue weighted by Crippen LogP contribution is 2.35. The van der Waals surface area contributed by atoms with Crippen LogP contribution in [-0.2, 0) is 9.53 Å². The van der Waals surface area contributed by atoms with Crippen molar-refractivity contribution in [1.29, 1.82) is 0 Å². The van der Waals surface area contributed by atoms with E-state index in [1.165, 1.54) is 11.1 Å². The molecule has 2 nitrogen and oxygen atoms in total. The maximum atomic E-state index is 11.7. The van der Waals surface area contributed by atoms with E-state index >= 15 is 0 Å². The molecular formula is C15H22O2. The summed E-state index contributed by atoms with van der Waals surface area (Å²) in [6.07, 6.45) is 8.85. The minimum Gasteiger partial charge on any atom is -0.458 e. The second kappa shape index (κ2) is 5.07. The van der Waals surface area contributed by atoms with Crippen LogP contribution in [0.3, 0.4) is 0 Å². The van der Waals surface area contributed by atoms with Gasteiger partial charge >= 0.3 is 5.97 Å². The summed E-state index contributed by atoms with van der Waals surface area (Å²) in [5.74, 6) is 0.389. The number of carbonyl (C=O) groups is 1. The number of allylic oxidation sites excluding steroid dienone is 3. The normalized spacial score (nSPS) is 40.6. The lowest BCUT2D eigenvalue weighted by molar-refractivity contribution is -0.142. The molecule has 1 aliphatic heterocycles. The van der Waals surface area contributed by atoms with E-state index in [0.717, 1.165) is 25.7 Å². The molecule has 0 aromatic heterocycles. The molecule has 2 rings (SSSR count). The van der Waals surface area contributed by atoms with Crippen molar-refractivity contribution in [3.8, 4) is 0 Å². The number of carbonyl (C=O) groups excluding carboxylic acids is 1. The summed E-state index contributed by atoms with van der Waals surface area (Å²) < 4.78 is 5.48. The first-order valence-corrected chi connectivity index (χ1v) is 6.61. The van der Waals surface area contributed by atoms with Crippen molar-refractivity contribution < 1.29 is 9.53 Å². The number of hydrogen-bond donors (Lipinski definition) is 0. The van der Waals surface area contributed by atoms with Crippen LogP contribution in [0, 0.1) is 11.8 Å². The molecule has 2 aliphatic rings. The number of fused-ring (bicyclic) bond motifs is 1. The van der Waals surface area contributed by atoms with Gasteiger partial charge in [0.2, 0.25) is 0 Å². The highest BCUT2D eigenvalue weighted by molar-refractivity contribution is 5.75. The Hall–Kier alpha value is -1.05. The molecule has 0 N–H and O–H groups in total. The van der Waals surface area contributed by atoms with E-state index in [0.29, 0.717) is 5.92 Å². The van der Waals surface area contributed by atoms with Crippen molar-refractivity contribution in [2.45, 2.75) is 52.6 Å². The van der Waals surface area contributed by atoms with Gasteiger partial charge in [0.05, 0.1) is 5.92 Å². The average Bonchev–Trinajstić information content (AvgIpc) is 2.52. The Labute approximate surface area is 104 Å². The molecule has 1 saturated heterocycles. The second-order valence-corrected chi connectivity index (χ2v) is 5.49. The molecular weight excluding hydrogens is 212 g/mol. The van der Waals surface area contributed by atoms with E-state index < -0.39 is 0 Å². The van der Waals surface area contributed by atoms with Crippen LogP contribution in [0.4, 0.5) is 0 Å². The van der Waals surface area contributed by atoms with Gasteiger partial charge in [-0.05, 0) is 45.6 Å². The molecule has 0 aromatic carbocycles. The van der Waals surface area contributed by atoms with Crippen LogP contribution < -0.4 is 0 Å². The van der Waals surface area contributed by atoms with Gasteiger partial charge in [-0.15, -0.1) is 0 Å². The number of rotatable bonds is 0. The van der Waals surface area contributed by atoms with Gasteiger partial charge in [-0.2, -0.15) is 0 Å². The molecule has 0 spiro atoms. The molecule has 1 heterocycles. The fourth-order valence-electron chi connectivity index (χ4n) is 2.77. The summed E-state index contributed by atoms with van der Waals surface area (Å²) in [6.45, 7) is 6.33. The summed E-state index contributed by atoms with van der Waals surface area (Å²) in [5, 5.41) is 0. The number of hydrogen-bond acceptors (Lipinski definition) is 2. The van der Waals surface area contributed by atoms with Gasteiger partial charge < -0.3 is 4.74 Å². The third-order valence-corrected chi connectivity index (χ3v) is 4.04. The van der Waals surface area contributed by atoms with Gasteiger partial charge in [-0.25, -0.2) is 0 Å². The maximum Gasteiger partial charge on any atom is 0.309 e. The van der Waals surface area contributed by atoms with Crippen LogP contribution in [0.2, 0.25) is 0 Å². The number of ether oxygens (including phenoxy) is 1. The highest BCUT2D eigenvalue weighted by atomic mass is 16.6. The zero-order valence-corrected chi connectivity index (χ0v) is 11.0. The first-order chi connectivity index (χ1) is 8.08. The first kappa shape index (κ1) is 12.4. The quantitative estimate of drug-likeness (QED) is 0.472. The zero-order valence-electron chi connectivity index (χ0n) is 11.0. The predicted octanol–water partition coefficient (Wildman–Crippen LogP) is 3.63. The van der Waals surface area contributed by atoms with Gasteiger partial charge in [-0.1, -0.05) is 24.1 Å². The van der Waals surface area contributed by atoms with Crippen LogP contribution in [0.5, 0.6) is 0 Å². The molecule has 3 atom stereocenters. The van der Waals surface area contributed by atoms with Crippen LogP contribution in [0.15, 0.2) is 23.3 Å². The summed E-state index contributed by atoms with van der Waals surface area (Å²) in [7, 11) is 0. The Kier molecular flexibility index (Phi) is 3.70. The fraction of sp³-hybridized carbons (Fsp3) is 0.667. The van der Waals surface area contributed by atoms with E-state index in [2.05, 4.69) is 26.0 Å². The van der Waals surface area contributed by atoms with Crippen molar-refractivity contribution in [2.24, 2.45) is 11.8 Å². The molecule has 0 aromatic rings. The monoisotopic (exact) mass is 234 g/mol. The van der Waals surface area contributed by atoms with Crippen molar-refractivity contribution >= 4 is 5.97 Å². The van der Waals surface area contributed by atoms with Crippen LogP contribution in [0.1, 0.15) is 46.5 Å². The van der Waals surface area contributed by atoms with Gasteiger partial charge in [0.1, 0.15) is 6.10 Å². The summed E-state index contributed by atoms with van der Waals surface area (Å²) in [5.41, 5.74) is 2.79. The summed E-state index contributed by atoms with van der Waals surface area (Å²) in [4.78, 5) is 11.7. The lowest BCUT2D eigenvalue weighted by atomic mass is 9.85. The molecule has 94 valence electrons. The maximum absolute atomic E-state index is 11.7. The van der Waals surface area contributed by atoms with Crippen LogP contribution in [-0.4, -0.2) is 12.1 Å². The Morgan fingerprint density at radius 1 is 1.24 bits per heavy atom. The standard InChI is InChI=1S/C15H22O2/c1-10-5-4-6-11(2)9-14-13(8-7-10)12(3)15(16)17-14/h5,9,12-14H,4,6-8H2,1-3H3/b10-5-,11-9+/t12?,13-,14+/m0/s1. The van der Waals surface area contributed by atoms with Crippen molar-refractivity contribution in [3.05, 3.63) is 23.3 Å². The van der Waals surface area contributed by atoms with E-state index in [1.54, 1.807) is 0 Å². The van der Waals surface area contributed by atoms with Gasteiger partial charge in [0.15, 0.2) is 0 Å². The predicted molar refractivity (Wildman–Crippen MR) is 68.5 cm³/mol. The fourth-order valence-corrected chi connectivity index (χ4v) is 2.77. The molecule has 0 amide bonds. The smallest absolute Gasteiger partial charge is 0.309 e. The van der Waals surface area contributed by atoms with E-state index in [1.807, 2.05) is 6.92 Å². The van der Waals surface area contributed by atoms with Crippen LogP contribution >= 0.6 is 0 Å². The third kappa shape index (κ3) is 2.80.